The molecule has 0 unspecified atom stereocenters. The van der Waals surface area contributed by atoms with Gasteiger partial charge >= 0.3 is 0 Å². The monoisotopic (exact) mass is 332 g/mol. The van der Waals surface area contributed by atoms with Gasteiger partial charge in [0.25, 0.3) is 5.91 Å². The molecule has 0 atom stereocenters. The maximum absolute atomic E-state index is 12.2. The topological polar surface area (TPSA) is 66.9 Å². The van der Waals surface area contributed by atoms with E-state index in [4.69, 9.17) is 0 Å². The summed E-state index contributed by atoms with van der Waals surface area (Å²) in [6.07, 6.45) is 0. The van der Waals surface area contributed by atoms with E-state index in [2.05, 4.69) is 20.8 Å². The summed E-state index contributed by atoms with van der Waals surface area (Å²) in [4.78, 5) is 12.2. The Balaban J connectivity index is 1.60. The molecule has 0 radical (unpaired) electrons. The highest BCUT2D eigenvalue weighted by Gasteiger charge is 2.08. The molecule has 0 aliphatic carbocycles. The molecule has 1 heterocycles. The minimum absolute atomic E-state index is 0.238. The Bertz CT molecular complexity index is 858. The zero-order chi connectivity index (χ0) is 17.6. The Kier molecular flexibility index (Phi) is 5.04. The van der Waals surface area contributed by atoms with Crippen LogP contribution in [0.3, 0.4) is 0 Å². The molecule has 5 heteroatoms. The molecule has 25 heavy (non-hydrogen) atoms. The quantitative estimate of drug-likeness (QED) is 0.746. The fraction of sp³-hybridized carbons (Fsp3) is 0.150. The van der Waals surface area contributed by atoms with Crippen LogP contribution >= 0.6 is 0 Å². The molecule has 1 aromatic heterocycles. The number of amides is 1. The molecule has 0 spiro atoms. The van der Waals surface area contributed by atoms with E-state index in [1.54, 1.807) is 12.1 Å². The number of carbonyl (C=O) groups is 1. The van der Waals surface area contributed by atoms with Crippen LogP contribution in [0.15, 0.2) is 60.7 Å². The van der Waals surface area contributed by atoms with E-state index in [1.165, 1.54) is 5.56 Å². The summed E-state index contributed by atoms with van der Waals surface area (Å²) in [7, 11) is 0. The van der Waals surface area contributed by atoms with Crippen LogP contribution in [0, 0.1) is 13.8 Å². The van der Waals surface area contributed by atoms with Crippen LogP contribution in [0.1, 0.15) is 27.2 Å². The standard InChI is InChI=1S/C20H20N4O/c1-14-7-9-17(10-8-14)22-19-12-11-18(23-24-19)20(25)21-13-16-6-4-3-5-15(16)2/h3-12H,13H2,1-2H3,(H,21,25)(H,22,24). The highest BCUT2D eigenvalue weighted by Crippen LogP contribution is 2.14. The van der Waals surface area contributed by atoms with Gasteiger partial charge in [0.2, 0.25) is 0 Å². The van der Waals surface area contributed by atoms with Crippen LogP contribution in [-0.4, -0.2) is 16.1 Å². The van der Waals surface area contributed by atoms with Crippen LogP contribution in [-0.2, 0) is 6.54 Å². The van der Waals surface area contributed by atoms with Crippen molar-refractivity contribution in [3.8, 4) is 0 Å². The van der Waals surface area contributed by atoms with Crippen LogP contribution in [0.2, 0.25) is 0 Å². The molecule has 0 aliphatic heterocycles. The summed E-state index contributed by atoms with van der Waals surface area (Å²) in [5, 5.41) is 14.1. The maximum atomic E-state index is 12.2. The first-order chi connectivity index (χ1) is 12.1. The molecule has 0 bridgehead atoms. The number of hydrogen-bond donors (Lipinski definition) is 2. The maximum Gasteiger partial charge on any atom is 0.272 e. The third kappa shape index (κ3) is 4.41. The lowest BCUT2D eigenvalue weighted by atomic mass is 10.1. The predicted octanol–water partition coefficient (Wildman–Crippen LogP) is 3.77. The lowest BCUT2D eigenvalue weighted by Crippen LogP contribution is -2.24. The van der Waals surface area contributed by atoms with E-state index in [1.807, 2.05) is 62.4 Å². The number of nitrogens with zero attached hydrogens (tertiary/aromatic N) is 2. The van der Waals surface area contributed by atoms with Crippen LogP contribution in [0.25, 0.3) is 0 Å². The Morgan fingerprint density at radius 2 is 1.68 bits per heavy atom. The van der Waals surface area contributed by atoms with Crippen molar-refractivity contribution < 1.29 is 4.79 Å². The lowest BCUT2D eigenvalue weighted by molar-refractivity contribution is 0.0945. The average Bonchev–Trinajstić information content (AvgIpc) is 2.63. The Morgan fingerprint density at radius 1 is 0.920 bits per heavy atom. The second-order valence-electron chi connectivity index (χ2n) is 5.90. The molecular weight excluding hydrogens is 312 g/mol. The zero-order valence-electron chi connectivity index (χ0n) is 14.3. The molecular formula is C20H20N4O. The molecule has 3 rings (SSSR count). The van der Waals surface area contributed by atoms with Gasteiger partial charge < -0.3 is 10.6 Å². The van der Waals surface area contributed by atoms with Crippen LogP contribution in [0.4, 0.5) is 11.5 Å². The number of anilines is 2. The molecule has 3 aromatic rings. The first-order valence-electron chi connectivity index (χ1n) is 8.12. The van der Waals surface area contributed by atoms with Crippen molar-refractivity contribution in [2.45, 2.75) is 20.4 Å². The predicted molar refractivity (Wildman–Crippen MR) is 98.8 cm³/mol. The molecule has 0 saturated carbocycles. The van der Waals surface area contributed by atoms with Crippen molar-refractivity contribution in [2.24, 2.45) is 0 Å². The first-order valence-corrected chi connectivity index (χ1v) is 8.12. The van der Waals surface area contributed by atoms with E-state index >= 15 is 0 Å². The van der Waals surface area contributed by atoms with E-state index in [-0.39, 0.29) is 5.91 Å². The summed E-state index contributed by atoms with van der Waals surface area (Å²) in [5.41, 5.74) is 4.64. The number of rotatable bonds is 5. The number of aromatic nitrogens is 2. The van der Waals surface area contributed by atoms with Crippen molar-refractivity contribution in [1.29, 1.82) is 0 Å². The molecule has 2 aromatic carbocycles. The van der Waals surface area contributed by atoms with E-state index in [0.717, 1.165) is 16.8 Å². The van der Waals surface area contributed by atoms with Gasteiger partial charge in [-0.2, -0.15) is 0 Å². The highest BCUT2D eigenvalue weighted by atomic mass is 16.1. The summed E-state index contributed by atoms with van der Waals surface area (Å²) in [6.45, 7) is 4.53. The lowest BCUT2D eigenvalue weighted by Gasteiger charge is -2.08. The molecule has 126 valence electrons. The van der Waals surface area contributed by atoms with Crippen molar-refractivity contribution in [2.75, 3.05) is 5.32 Å². The van der Waals surface area contributed by atoms with Crippen molar-refractivity contribution in [3.63, 3.8) is 0 Å². The van der Waals surface area contributed by atoms with Gasteiger partial charge in [-0.3, -0.25) is 4.79 Å². The SMILES string of the molecule is Cc1ccc(Nc2ccc(C(=O)NCc3ccccc3C)nn2)cc1. The Morgan fingerprint density at radius 3 is 2.36 bits per heavy atom. The molecule has 2 N–H and O–H groups in total. The van der Waals surface area contributed by atoms with Gasteiger partial charge in [0.05, 0.1) is 0 Å². The first kappa shape index (κ1) is 16.6. The Labute approximate surface area is 147 Å². The minimum Gasteiger partial charge on any atom is -0.347 e. The third-order valence-electron chi connectivity index (χ3n) is 3.92. The van der Waals surface area contributed by atoms with Gasteiger partial charge in [-0.25, -0.2) is 0 Å². The van der Waals surface area contributed by atoms with Gasteiger partial charge in [-0.1, -0.05) is 42.0 Å². The normalized spacial score (nSPS) is 10.3. The number of carbonyl (C=O) groups excluding carboxylic acids is 1. The van der Waals surface area contributed by atoms with Crippen molar-refractivity contribution >= 4 is 17.4 Å². The van der Waals surface area contributed by atoms with Crippen LogP contribution in [0.5, 0.6) is 0 Å². The second kappa shape index (κ2) is 7.57. The van der Waals surface area contributed by atoms with E-state index in [0.29, 0.717) is 18.1 Å². The van der Waals surface area contributed by atoms with E-state index < -0.39 is 0 Å². The van der Waals surface area contributed by atoms with Gasteiger partial charge in [-0.05, 0) is 49.2 Å². The second-order valence-corrected chi connectivity index (χ2v) is 5.90. The van der Waals surface area contributed by atoms with Gasteiger partial charge in [0.1, 0.15) is 0 Å². The fourth-order valence-corrected chi connectivity index (χ4v) is 2.38. The smallest absolute Gasteiger partial charge is 0.272 e. The van der Waals surface area contributed by atoms with Crippen LogP contribution < -0.4 is 10.6 Å². The van der Waals surface area contributed by atoms with Gasteiger partial charge in [0, 0.05) is 12.2 Å². The van der Waals surface area contributed by atoms with E-state index in [9.17, 15) is 4.79 Å². The summed E-state index contributed by atoms with van der Waals surface area (Å²) < 4.78 is 0. The third-order valence-corrected chi connectivity index (χ3v) is 3.92. The van der Waals surface area contributed by atoms with Crippen molar-refractivity contribution in [1.82, 2.24) is 15.5 Å². The molecule has 0 aliphatic rings. The number of benzene rings is 2. The van der Waals surface area contributed by atoms with Gasteiger partial charge in [0.15, 0.2) is 11.5 Å². The summed E-state index contributed by atoms with van der Waals surface area (Å²) >= 11 is 0. The van der Waals surface area contributed by atoms with Crippen molar-refractivity contribution in [3.05, 3.63) is 83.0 Å². The van der Waals surface area contributed by atoms with Gasteiger partial charge in [-0.15, -0.1) is 10.2 Å². The molecule has 0 fully saturated rings. The summed E-state index contributed by atoms with van der Waals surface area (Å²) in [5.74, 6) is 0.358. The average molecular weight is 332 g/mol. The Hall–Kier alpha value is -3.21. The number of aryl methyl sites for hydroxylation is 2. The zero-order valence-corrected chi connectivity index (χ0v) is 14.3. The largest absolute Gasteiger partial charge is 0.347 e. The molecule has 1 amide bonds. The summed E-state index contributed by atoms with van der Waals surface area (Å²) in [6, 6.07) is 19.3. The minimum atomic E-state index is -0.238. The number of nitrogens with one attached hydrogen (secondary N) is 2. The number of hydrogen-bond acceptors (Lipinski definition) is 4. The fourth-order valence-electron chi connectivity index (χ4n) is 2.38. The highest BCUT2D eigenvalue weighted by molar-refractivity contribution is 5.92. The molecule has 5 nitrogen and oxygen atoms in total. The molecule has 0 saturated heterocycles.